The van der Waals surface area contributed by atoms with Gasteiger partial charge in [0.2, 0.25) is 0 Å². The summed E-state index contributed by atoms with van der Waals surface area (Å²) in [6.45, 7) is 2.62. The number of aromatic amines is 1. The molecule has 90 valence electrons. The highest BCUT2D eigenvalue weighted by Gasteiger charge is 2.11. The van der Waals surface area contributed by atoms with E-state index in [1.807, 2.05) is 6.92 Å². The molecule has 0 amide bonds. The van der Waals surface area contributed by atoms with Gasteiger partial charge in [0.1, 0.15) is 5.82 Å². The van der Waals surface area contributed by atoms with Crippen molar-refractivity contribution < 1.29 is 4.74 Å². The van der Waals surface area contributed by atoms with Crippen LogP contribution in [0.5, 0.6) is 5.75 Å². The number of aromatic nitrogens is 2. The van der Waals surface area contributed by atoms with Gasteiger partial charge in [-0.1, -0.05) is 30.1 Å². The standard InChI is InChI=1S/C12H12Cl2N2O/c1-2-5-17-11-9(13)6-8(7-10(11)14)12-15-3-4-16-12/h3-4,6-7H,2,5H2,1H3,(H,15,16). The molecule has 0 aliphatic heterocycles. The SMILES string of the molecule is CCCOc1c(Cl)cc(-c2ncc[nH]2)cc1Cl. The molecule has 2 rings (SSSR count). The Morgan fingerprint density at radius 3 is 2.53 bits per heavy atom. The first kappa shape index (κ1) is 12.3. The molecule has 3 nitrogen and oxygen atoms in total. The van der Waals surface area contributed by atoms with E-state index >= 15 is 0 Å². The van der Waals surface area contributed by atoms with E-state index in [1.165, 1.54) is 0 Å². The van der Waals surface area contributed by atoms with E-state index in [0.29, 0.717) is 22.4 Å². The molecule has 0 aliphatic rings. The van der Waals surface area contributed by atoms with Crippen LogP contribution in [0.15, 0.2) is 24.5 Å². The van der Waals surface area contributed by atoms with Crippen LogP contribution in [-0.2, 0) is 0 Å². The van der Waals surface area contributed by atoms with Crippen molar-refractivity contribution in [2.24, 2.45) is 0 Å². The van der Waals surface area contributed by atoms with Crippen LogP contribution in [-0.4, -0.2) is 16.6 Å². The normalized spacial score (nSPS) is 10.5. The van der Waals surface area contributed by atoms with Crippen LogP contribution in [0.25, 0.3) is 11.4 Å². The molecule has 1 heterocycles. The Labute approximate surface area is 110 Å². The molecule has 0 saturated heterocycles. The fourth-order valence-corrected chi connectivity index (χ4v) is 2.06. The summed E-state index contributed by atoms with van der Waals surface area (Å²) in [7, 11) is 0. The third-order valence-corrected chi connectivity index (χ3v) is 2.78. The first-order chi connectivity index (χ1) is 8.22. The Balaban J connectivity index is 2.35. The van der Waals surface area contributed by atoms with Crippen molar-refractivity contribution in [3.05, 3.63) is 34.6 Å². The van der Waals surface area contributed by atoms with Gasteiger partial charge >= 0.3 is 0 Å². The van der Waals surface area contributed by atoms with Crippen molar-refractivity contribution in [1.29, 1.82) is 0 Å². The molecule has 0 spiro atoms. The van der Waals surface area contributed by atoms with Gasteiger partial charge in [0.25, 0.3) is 0 Å². The lowest BCUT2D eigenvalue weighted by Crippen LogP contribution is -1.97. The van der Waals surface area contributed by atoms with Crippen LogP contribution in [0.2, 0.25) is 10.0 Å². The van der Waals surface area contributed by atoms with Gasteiger partial charge in [-0.25, -0.2) is 4.98 Å². The second-order valence-corrected chi connectivity index (χ2v) is 4.37. The lowest BCUT2D eigenvalue weighted by molar-refractivity contribution is 0.318. The Bertz CT molecular complexity index is 474. The number of nitrogens with one attached hydrogen (secondary N) is 1. The molecule has 1 aromatic carbocycles. The number of hydrogen-bond acceptors (Lipinski definition) is 2. The summed E-state index contributed by atoms with van der Waals surface area (Å²) < 4.78 is 5.49. The van der Waals surface area contributed by atoms with E-state index in [0.717, 1.165) is 17.8 Å². The summed E-state index contributed by atoms with van der Waals surface area (Å²) in [5.41, 5.74) is 0.842. The zero-order valence-corrected chi connectivity index (χ0v) is 10.8. The van der Waals surface area contributed by atoms with Crippen molar-refractivity contribution in [1.82, 2.24) is 9.97 Å². The van der Waals surface area contributed by atoms with Crippen LogP contribution in [0.1, 0.15) is 13.3 Å². The van der Waals surface area contributed by atoms with Gasteiger partial charge in [0, 0.05) is 18.0 Å². The Kier molecular flexibility index (Phi) is 3.92. The maximum Gasteiger partial charge on any atom is 0.156 e. The van der Waals surface area contributed by atoms with Crippen molar-refractivity contribution in [2.45, 2.75) is 13.3 Å². The second-order valence-electron chi connectivity index (χ2n) is 3.56. The summed E-state index contributed by atoms with van der Waals surface area (Å²) in [5, 5.41) is 0.995. The van der Waals surface area contributed by atoms with Gasteiger partial charge in [-0.15, -0.1) is 0 Å². The molecule has 2 aromatic rings. The zero-order valence-electron chi connectivity index (χ0n) is 9.34. The predicted molar refractivity (Wildman–Crippen MR) is 69.8 cm³/mol. The first-order valence-electron chi connectivity index (χ1n) is 5.34. The van der Waals surface area contributed by atoms with E-state index in [-0.39, 0.29) is 0 Å². The minimum Gasteiger partial charge on any atom is -0.490 e. The molecule has 0 radical (unpaired) electrons. The smallest absolute Gasteiger partial charge is 0.156 e. The molecule has 0 aliphatic carbocycles. The van der Waals surface area contributed by atoms with Gasteiger partial charge in [-0.05, 0) is 18.6 Å². The molecular weight excluding hydrogens is 259 g/mol. The van der Waals surface area contributed by atoms with Gasteiger partial charge in [0.15, 0.2) is 5.75 Å². The van der Waals surface area contributed by atoms with Gasteiger partial charge in [0.05, 0.1) is 16.7 Å². The average Bonchev–Trinajstić information content (AvgIpc) is 2.81. The second kappa shape index (κ2) is 5.43. The zero-order chi connectivity index (χ0) is 12.3. The van der Waals surface area contributed by atoms with Crippen LogP contribution < -0.4 is 4.74 Å². The van der Waals surface area contributed by atoms with Crippen LogP contribution in [0.4, 0.5) is 0 Å². The summed E-state index contributed by atoms with van der Waals surface area (Å²) in [6.07, 6.45) is 4.34. The van der Waals surface area contributed by atoms with Crippen molar-refractivity contribution in [3.63, 3.8) is 0 Å². The Hall–Kier alpha value is -1.19. The summed E-state index contributed by atoms with van der Waals surface area (Å²) in [5.74, 6) is 1.27. The first-order valence-corrected chi connectivity index (χ1v) is 6.09. The van der Waals surface area contributed by atoms with E-state index < -0.39 is 0 Å². The monoisotopic (exact) mass is 270 g/mol. The number of rotatable bonds is 4. The van der Waals surface area contributed by atoms with Crippen LogP contribution >= 0.6 is 23.2 Å². The quantitative estimate of drug-likeness (QED) is 0.906. The van der Waals surface area contributed by atoms with E-state index in [4.69, 9.17) is 27.9 Å². The summed E-state index contributed by atoms with van der Waals surface area (Å²) in [4.78, 5) is 7.15. The van der Waals surface area contributed by atoms with Crippen molar-refractivity contribution in [3.8, 4) is 17.1 Å². The van der Waals surface area contributed by atoms with Gasteiger partial charge in [-0.2, -0.15) is 0 Å². The highest BCUT2D eigenvalue weighted by atomic mass is 35.5. The van der Waals surface area contributed by atoms with E-state index in [1.54, 1.807) is 24.5 Å². The predicted octanol–water partition coefficient (Wildman–Crippen LogP) is 4.17. The summed E-state index contributed by atoms with van der Waals surface area (Å²) >= 11 is 12.3. The molecule has 0 saturated carbocycles. The molecule has 0 unspecified atom stereocenters. The minimum absolute atomic E-state index is 0.498. The number of hydrogen-bond donors (Lipinski definition) is 1. The molecule has 0 bridgehead atoms. The van der Waals surface area contributed by atoms with Crippen LogP contribution in [0, 0.1) is 0 Å². The van der Waals surface area contributed by atoms with Crippen LogP contribution in [0.3, 0.4) is 0 Å². The third kappa shape index (κ3) is 2.73. The molecule has 1 N–H and O–H groups in total. The highest BCUT2D eigenvalue weighted by Crippen LogP contribution is 2.36. The molecule has 5 heteroatoms. The average molecular weight is 271 g/mol. The Morgan fingerprint density at radius 2 is 2.00 bits per heavy atom. The molecule has 17 heavy (non-hydrogen) atoms. The molecular formula is C12H12Cl2N2O. The van der Waals surface area contributed by atoms with Crippen molar-refractivity contribution >= 4 is 23.2 Å². The number of ether oxygens (including phenoxy) is 1. The van der Waals surface area contributed by atoms with E-state index in [9.17, 15) is 0 Å². The Morgan fingerprint density at radius 1 is 1.29 bits per heavy atom. The topological polar surface area (TPSA) is 37.9 Å². The van der Waals surface area contributed by atoms with Crippen molar-refractivity contribution in [2.75, 3.05) is 6.61 Å². The van der Waals surface area contributed by atoms with Gasteiger partial charge < -0.3 is 9.72 Å². The third-order valence-electron chi connectivity index (χ3n) is 2.22. The van der Waals surface area contributed by atoms with E-state index in [2.05, 4.69) is 9.97 Å². The summed E-state index contributed by atoms with van der Waals surface area (Å²) in [6, 6.07) is 3.58. The lowest BCUT2D eigenvalue weighted by atomic mass is 10.2. The number of benzene rings is 1. The number of nitrogens with zero attached hydrogens (tertiary/aromatic N) is 1. The molecule has 1 aromatic heterocycles. The maximum atomic E-state index is 6.14. The fraction of sp³-hybridized carbons (Fsp3) is 0.250. The number of H-pyrrole nitrogens is 1. The maximum absolute atomic E-state index is 6.14. The lowest BCUT2D eigenvalue weighted by Gasteiger charge is -2.10. The molecule has 0 fully saturated rings. The number of imidazole rings is 1. The minimum atomic E-state index is 0.498. The fourth-order valence-electron chi connectivity index (χ4n) is 1.46. The highest BCUT2D eigenvalue weighted by molar-refractivity contribution is 6.37. The number of halogens is 2. The van der Waals surface area contributed by atoms with Gasteiger partial charge in [-0.3, -0.25) is 0 Å². The largest absolute Gasteiger partial charge is 0.490 e. The molecule has 0 atom stereocenters.